The number of fused-ring (bicyclic) bond motifs is 1. The molecule has 3 aromatic rings. The van der Waals surface area contributed by atoms with Crippen LogP contribution in [0, 0.1) is 0 Å². The van der Waals surface area contributed by atoms with Crippen molar-refractivity contribution in [3.63, 3.8) is 0 Å². The van der Waals surface area contributed by atoms with Crippen LogP contribution < -0.4 is 10.2 Å². The van der Waals surface area contributed by atoms with Gasteiger partial charge in [-0.25, -0.2) is 4.79 Å². The SMILES string of the molecule is COC(=O)c1cc(N2CCOCC2)ccc1NC(=O)c1cccc2c1ccn2C. The number of esters is 1. The molecule has 0 bridgehead atoms. The van der Waals surface area contributed by atoms with Gasteiger partial charge in [-0.1, -0.05) is 6.07 Å². The van der Waals surface area contributed by atoms with E-state index in [2.05, 4.69) is 10.2 Å². The summed E-state index contributed by atoms with van der Waals surface area (Å²) in [5.74, 6) is -0.764. The fourth-order valence-corrected chi connectivity index (χ4v) is 3.63. The highest BCUT2D eigenvalue weighted by atomic mass is 16.5. The van der Waals surface area contributed by atoms with Crippen LogP contribution in [0.5, 0.6) is 0 Å². The maximum atomic E-state index is 13.0. The summed E-state index contributed by atoms with van der Waals surface area (Å²) in [6.45, 7) is 2.80. The number of carbonyl (C=O) groups excluding carboxylic acids is 2. The number of amides is 1. The lowest BCUT2D eigenvalue weighted by molar-refractivity contribution is 0.0602. The Hall–Kier alpha value is -3.32. The standard InChI is InChI=1S/C22H23N3O4/c1-24-9-8-16-17(4-3-5-20(16)24)21(26)23-19-7-6-15(14-18(19)22(27)28-2)25-10-12-29-13-11-25/h3-9,14H,10-13H2,1-2H3,(H,23,26). The van der Waals surface area contributed by atoms with Gasteiger partial charge in [0.15, 0.2) is 0 Å². The minimum Gasteiger partial charge on any atom is -0.465 e. The molecule has 150 valence electrons. The number of nitrogens with zero attached hydrogens (tertiary/aromatic N) is 2. The first-order valence-electron chi connectivity index (χ1n) is 9.49. The highest BCUT2D eigenvalue weighted by Gasteiger charge is 2.20. The van der Waals surface area contributed by atoms with Gasteiger partial charge in [-0.05, 0) is 36.4 Å². The number of carbonyl (C=O) groups is 2. The molecule has 1 fully saturated rings. The summed E-state index contributed by atoms with van der Waals surface area (Å²) in [5.41, 5.74) is 3.17. The van der Waals surface area contributed by atoms with Crippen LogP contribution in [0.3, 0.4) is 0 Å². The summed E-state index contributed by atoms with van der Waals surface area (Å²) in [6.07, 6.45) is 1.92. The molecule has 7 nitrogen and oxygen atoms in total. The lowest BCUT2D eigenvalue weighted by Crippen LogP contribution is -2.36. The van der Waals surface area contributed by atoms with Gasteiger partial charge < -0.3 is 24.3 Å². The topological polar surface area (TPSA) is 72.8 Å². The molecule has 0 atom stereocenters. The second-order valence-corrected chi connectivity index (χ2v) is 6.94. The zero-order valence-electron chi connectivity index (χ0n) is 16.5. The molecule has 1 aromatic heterocycles. The highest BCUT2D eigenvalue weighted by molar-refractivity contribution is 6.14. The molecule has 4 rings (SSSR count). The van der Waals surface area contributed by atoms with Gasteiger partial charge in [0.05, 0.1) is 31.6 Å². The molecule has 2 aromatic carbocycles. The lowest BCUT2D eigenvalue weighted by atomic mass is 10.1. The number of hydrogen-bond donors (Lipinski definition) is 1. The van der Waals surface area contributed by atoms with Gasteiger partial charge in [0.25, 0.3) is 5.91 Å². The second kappa shape index (κ2) is 7.97. The molecule has 1 N–H and O–H groups in total. The third-order valence-electron chi connectivity index (χ3n) is 5.21. The smallest absolute Gasteiger partial charge is 0.340 e. The molecule has 1 aliphatic rings. The Morgan fingerprint density at radius 2 is 1.86 bits per heavy atom. The Morgan fingerprint density at radius 1 is 1.07 bits per heavy atom. The van der Waals surface area contributed by atoms with Crippen LogP contribution in [0.1, 0.15) is 20.7 Å². The fourth-order valence-electron chi connectivity index (χ4n) is 3.63. The summed E-state index contributed by atoms with van der Waals surface area (Å²) < 4.78 is 12.3. The van der Waals surface area contributed by atoms with Crippen molar-refractivity contribution in [2.24, 2.45) is 7.05 Å². The Morgan fingerprint density at radius 3 is 2.62 bits per heavy atom. The molecule has 7 heteroatoms. The zero-order valence-corrected chi connectivity index (χ0v) is 16.5. The lowest BCUT2D eigenvalue weighted by Gasteiger charge is -2.29. The van der Waals surface area contributed by atoms with Crippen molar-refractivity contribution in [3.05, 3.63) is 59.8 Å². The van der Waals surface area contributed by atoms with Crippen LogP contribution >= 0.6 is 0 Å². The number of morpholine rings is 1. The zero-order chi connectivity index (χ0) is 20.4. The van der Waals surface area contributed by atoms with E-state index in [1.807, 2.05) is 42.1 Å². The molecule has 0 unspecified atom stereocenters. The van der Waals surface area contributed by atoms with Crippen molar-refractivity contribution in [2.45, 2.75) is 0 Å². The van der Waals surface area contributed by atoms with Crippen LogP contribution in [0.15, 0.2) is 48.7 Å². The number of hydrogen-bond acceptors (Lipinski definition) is 5. The van der Waals surface area contributed by atoms with Crippen LogP contribution in [0.25, 0.3) is 10.9 Å². The van der Waals surface area contributed by atoms with Crippen LogP contribution in [-0.2, 0) is 16.5 Å². The Kier molecular flexibility index (Phi) is 5.22. The van der Waals surface area contributed by atoms with E-state index in [1.54, 1.807) is 18.2 Å². The molecular weight excluding hydrogens is 370 g/mol. The van der Waals surface area contributed by atoms with Gasteiger partial charge in [0.1, 0.15) is 0 Å². The Balaban J connectivity index is 1.66. The van der Waals surface area contributed by atoms with Crippen LogP contribution in [0.2, 0.25) is 0 Å². The van der Waals surface area contributed by atoms with E-state index in [4.69, 9.17) is 9.47 Å². The summed E-state index contributed by atoms with van der Waals surface area (Å²) >= 11 is 0. The fraction of sp³-hybridized carbons (Fsp3) is 0.273. The van der Waals surface area contributed by atoms with Gasteiger partial charge in [-0.2, -0.15) is 0 Å². The highest BCUT2D eigenvalue weighted by Crippen LogP contribution is 2.27. The number of methoxy groups -OCH3 is 1. The van der Waals surface area contributed by atoms with Crippen molar-refractivity contribution in [1.82, 2.24) is 4.57 Å². The number of rotatable bonds is 4. The quantitative estimate of drug-likeness (QED) is 0.690. The molecule has 2 heterocycles. The maximum absolute atomic E-state index is 13.0. The third-order valence-corrected chi connectivity index (χ3v) is 5.21. The van der Waals surface area contributed by atoms with Gasteiger partial charge in [-0.3, -0.25) is 4.79 Å². The van der Waals surface area contributed by atoms with Gasteiger partial charge in [-0.15, -0.1) is 0 Å². The average molecular weight is 393 g/mol. The van der Waals surface area contributed by atoms with E-state index >= 15 is 0 Å². The monoisotopic (exact) mass is 393 g/mol. The van der Waals surface area contributed by atoms with Crippen molar-refractivity contribution in [2.75, 3.05) is 43.6 Å². The van der Waals surface area contributed by atoms with Crippen molar-refractivity contribution >= 4 is 34.2 Å². The molecular formula is C22H23N3O4. The number of benzene rings is 2. The second-order valence-electron chi connectivity index (χ2n) is 6.94. The molecule has 0 spiro atoms. The number of aromatic nitrogens is 1. The summed E-state index contributed by atoms with van der Waals surface area (Å²) in [6, 6.07) is 12.9. The first-order valence-corrected chi connectivity index (χ1v) is 9.49. The van der Waals surface area contributed by atoms with Crippen molar-refractivity contribution in [3.8, 4) is 0 Å². The first kappa shape index (κ1) is 19.0. The minimum absolute atomic E-state index is 0.272. The molecule has 29 heavy (non-hydrogen) atoms. The summed E-state index contributed by atoms with van der Waals surface area (Å²) in [4.78, 5) is 27.5. The number of ether oxygens (including phenoxy) is 2. The predicted octanol–water partition coefficient (Wildman–Crippen LogP) is 3.05. The van der Waals surface area contributed by atoms with Gasteiger partial charge in [0, 0.05) is 48.5 Å². The van der Waals surface area contributed by atoms with E-state index in [-0.39, 0.29) is 5.91 Å². The normalized spacial score (nSPS) is 14.1. The van der Waals surface area contributed by atoms with E-state index in [9.17, 15) is 9.59 Å². The van der Waals surface area contributed by atoms with Gasteiger partial charge in [0.2, 0.25) is 0 Å². The number of nitrogens with one attached hydrogen (secondary N) is 1. The van der Waals surface area contributed by atoms with E-state index in [1.165, 1.54) is 7.11 Å². The molecule has 0 radical (unpaired) electrons. The first-order chi connectivity index (χ1) is 14.1. The van der Waals surface area contributed by atoms with Crippen LogP contribution in [0.4, 0.5) is 11.4 Å². The third kappa shape index (κ3) is 3.69. The Labute approximate surface area is 168 Å². The van der Waals surface area contributed by atoms with Crippen molar-refractivity contribution in [1.29, 1.82) is 0 Å². The minimum atomic E-state index is -0.492. The van der Waals surface area contributed by atoms with Crippen LogP contribution in [-0.4, -0.2) is 49.9 Å². The molecule has 1 aliphatic heterocycles. The maximum Gasteiger partial charge on any atom is 0.340 e. The van der Waals surface area contributed by atoms with E-state index < -0.39 is 5.97 Å². The van der Waals surface area contributed by atoms with Crippen molar-refractivity contribution < 1.29 is 19.1 Å². The average Bonchev–Trinajstić information content (AvgIpc) is 3.15. The summed E-state index contributed by atoms with van der Waals surface area (Å²) in [7, 11) is 3.27. The molecule has 1 saturated heterocycles. The number of anilines is 2. The molecule has 0 saturated carbocycles. The Bertz CT molecular complexity index is 1070. The predicted molar refractivity (Wildman–Crippen MR) is 112 cm³/mol. The number of aryl methyl sites for hydroxylation is 1. The van der Waals surface area contributed by atoms with E-state index in [0.717, 1.165) is 29.7 Å². The molecule has 1 amide bonds. The van der Waals surface area contributed by atoms with E-state index in [0.29, 0.717) is 30.0 Å². The largest absolute Gasteiger partial charge is 0.465 e. The molecule has 0 aliphatic carbocycles. The summed E-state index contributed by atoms with van der Waals surface area (Å²) in [5, 5.41) is 3.74. The van der Waals surface area contributed by atoms with Gasteiger partial charge >= 0.3 is 5.97 Å².